The van der Waals surface area contributed by atoms with Crippen LogP contribution >= 0.6 is 0 Å². The highest BCUT2D eigenvalue weighted by Crippen LogP contribution is 2.29. The van der Waals surface area contributed by atoms with Crippen LogP contribution in [0.3, 0.4) is 0 Å². The maximum Gasteiger partial charge on any atom is 0.416 e. The van der Waals surface area contributed by atoms with E-state index in [1.54, 1.807) is 19.2 Å². The van der Waals surface area contributed by atoms with Crippen molar-refractivity contribution >= 4 is 17.5 Å². The number of nitrogens with zero attached hydrogens (tertiary/aromatic N) is 2. The largest absolute Gasteiger partial charge is 0.428 e. The van der Waals surface area contributed by atoms with Gasteiger partial charge in [0.1, 0.15) is 5.82 Å². The fourth-order valence-electron chi connectivity index (χ4n) is 2.70. The second-order valence-corrected chi connectivity index (χ2v) is 5.10. The summed E-state index contributed by atoms with van der Waals surface area (Å²) < 4.78 is 19.3. The van der Waals surface area contributed by atoms with E-state index >= 15 is 0 Å². The SMILES string of the molecule is CNC1CN(c2ccc(N3CCCC3)c(F)c2)C(=O)O1. The fourth-order valence-corrected chi connectivity index (χ4v) is 2.70. The number of likely N-dealkylation sites (N-methyl/N-ethyl adjacent to an activating group) is 1. The molecule has 2 heterocycles. The lowest BCUT2D eigenvalue weighted by molar-refractivity contribution is 0.128. The zero-order chi connectivity index (χ0) is 14.1. The second-order valence-electron chi connectivity index (χ2n) is 5.10. The third-order valence-corrected chi connectivity index (χ3v) is 3.82. The topological polar surface area (TPSA) is 44.8 Å². The number of hydrogen-bond acceptors (Lipinski definition) is 4. The summed E-state index contributed by atoms with van der Waals surface area (Å²) in [7, 11) is 1.72. The van der Waals surface area contributed by atoms with E-state index in [-0.39, 0.29) is 12.0 Å². The van der Waals surface area contributed by atoms with Crippen molar-refractivity contribution in [2.24, 2.45) is 0 Å². The standard InChI is InChI=1S/C14H18FN3O2/c1-16-13-9-18(14(19)20-13)10-4-5-12(11(15)8-10)17-6-2-3-7-17/h4-5,8,13,16H,2-3,6-7,9H2,1H3. The van der Waals surface area contributed by atoms with Gasteiger partial charge in [0.25, 0.3) is 0 Å². The molecule has 0 aliphatic carbocycles. The quantitative estimate of drug-likeness (QED) is 0.918. The molecule has 1 unspecified atom stereocenters. The van der Waals surface area contributed by atoms with E-state index in [0.29, 0.717) is 17.9 Å². The number of anilines is 2. The van der Waals surface area contributed by atoms with Crippen LogP contribution in [0, 0.1) is 5.82 Å². The highest BCUT2D eigenvalue weighted by molar-refractivity contribution is 5.90. The molecule has 3 rings (SSSR count). The van der Waals surface area contributed by atoms with E-state index in [4.69, 9.17) is 4.74 Å². The molecular weight excluding hydrogens is 261 g/mol. The number of benzene rings is 1. The zero-order valence-electron chi connectivity index (χ0n) is 11.4. The number of rotatable bonds is 3. The highest BCUT2D eigenvalue weighted by atomic mass is 19.1. The summed E-state index contributed by atoms with van der Waals surface area (Å²) in [6.45, 7) is 2.17. The minimum absolute atomic E-state index is 0.287. The Morgan fingerprint density at radius 3 is 2.70 bits per heavy atom. The molecule has 108 valence electrons. The molecule has 2 fully saturated rings. The Kier molecular flexibility index (Phi) is 3.48. The van der Waals surface area contributed by atoms with E-state index in [1.807, 2.05) is 4.90 Å². The molecule has 1 atom stereocenters. The van der Waals surface area contributed by atoms with E-state index in [1.165, 1.54) is 11.0 Å². The molecule has 0 saturated carbocycles. The van der Waals surface area contributed by atoms with E-state index < -0.39 is 6.09 Å². The van der Waals surface area contributed by atoms with Gasteiger partial charge < -0.3 is 9.64 Å². The molecule has 0 bridgehead atoms. The summed E-state index contributed by atoms with van der Waals surface area (Å²) in [5, 5.41) is 2.88. The van der Waals surface area contributed by atoms with Gasteiger partial charge in [-0.1, -0.05) is 0 Å². The van der Waals surface area contributed by atoms with Gasteiger partial charge in [-0.05, 0) is 38.1 Å². The Labute approximate surface area is 117 Å². The smallest absolute Gasteiger partial charge is 0.416 e. The Bertz CT molecular complexity index is 517. The Hall–Kier alpha value is -1.82. The molecule has 2 saturated heterocycles. The summed E-state index contributed by atoms with van der Waals surface area (Å²) >= 11 is 0. The van der Waals surface area contributed by atoms with Crippen molar-refractivity contribution in [3.05, 3.63) is 24.0 Å². The number of carbonyl (C=O) groups is 1. The molecule has 1 N–H and O–H groups in total. The molecule has 0 radical (unpaired) electrons. The fraction of sp³-hybridized carbons (Fsp3) is 0.500. The van der Waals surface area contributed by atoms with Crippen molar-refractivity contribution in [2.45, 2.75) is 19.1 Å². The molecule has 2 aliphatic rings. The minimum atomic E-state index is -0.447. The number of nitrogens with one attached hydrogen (secondary N) is 1. The van der Waals surface area contributed by atoms with Gasteiger partial charge in [0.15, 0.2) is 6.23 Å². The van der Waals surface area contributed by atoms with Crippen molar-refractivity contribution in [1.82, 2.24) is 5.32 Å². The van der Waals surface area contributed by atoms with Crippen LogP contribution in [0.25, 0.3) is 0 Å². The van der Waals surface area contributed by atoms with Gasteiger partial charge in [0.2, 0.25) is 0 Å². The lowest BCUT2D eigenvalue weighted by atomic mass is 10.2. The van der Waals surface area contributed by atoms with Crippen LogP contribution in [-0.2, 0) is 4.74 Å². The van der Waals surface area contributed by atoms with Crippen molar-refractivity contribution in [3.63, 3.8) is 0 Å². The number of amides is 1. The van der Waals surface area contributed by atoms with Gasteiger partial charge in [0, 0.05) is 13.1 Å². The van der Waals surface area contributed by atoms with Crippen LogP contribution < -0.4 is 15.1 Å². The Morgan fingerprint density at radius 1 is 1.35 bits per heavy atom. The van der Waals surface area contributed by atoms with E-state index in [2.05, 4.69) is 5.32 Å². The highest BCUT2D eigenvalue weighted by Gasteiger charge is 2.31. The van der Waals surface area contributed by atoms with Gasteiger partial charge in [-0.15, -0.1) is 0 Å². The first-order valence-corrected chi connectivity index (χ1v) is 6.89. The summed E-state index contributed by atoms with van der Waals surface area (Å²) in [6, 6.07) is 4.93. The van der Waals surface area contributed by atoms with Crippen LogP contribution in [-0.4, -0.2) is 39.0 Å². The first kappa shape index (κ1) is 13.2. The molecule has 6 heteroatoms. The van der Waals surface area contributed by atoms with Crippen molar-refractivity contribution in [1.29, 1.82) is 0 Å². The monoisotopic (exact) mass is 279 g/mol. The lowest BCUT2D eigenvalue weighted by Crippen LogP contribution is -2.30. The summed E-state index contributed by atoms with van der Waals surface area (Å²) in [4.78, 5) is 15.2. The van der Waals surface area contributed by atoms with Crippen molar-refractivity contribution in [2.75, 3.05) is 36.5 Å². The maximum absolute atomic E-state index is 14.2. The first-order chi connectivity index (χ1) is 9.69. The van der Waals surface area contributed by atoms with Crippen LogP contribution in [0.1, 0.15) is 12.8 Å². The molecule has 5 nitrogen and oxygen atoms in total. The average Bonchev–Trinajstić information content (AvgIpc) is 3.07. The molecule has 2 aliphatic heterocycles. The third-order valence-electron chi connectivity index (χ3n) is 3.82. The molecule has 0 spiro atoms. The van der Waals surface area contributed by atoms with E-state index in [0.717, 1.165) is 25.9 Å². The number of halogens is 1. The summed E-state index contributed by atoms with van der Waals surface area (Å²) in [5.41, 5.74) is 1.15. The lowest BCUT2D eigenvalue weighted by Gasteiger charge is -2.20. The van der Waals surface area contributed by atoms with Gasteiger partial charge in [-0.3, -0.25) is 10.2 Å². The maximum atomic E-state index is 14.2. The number of carbonyl (C=O) groups excluding carboxylic acids is 1. The first-order valence-electron chi connectivity index (χ1n) is 6.89. The zero-order valence-corrected chi connectivity index (χ0v) is 11.4. The Balaban J connectivity index is 1.81. The molecule has 1 aromatic carbocycles. The predicted octanol–water partition coefficient (Wildman–Crippen LogP) is 1.93. The average molecular weight is 279 g/mol. The van der Waals surface area contributed by atoms with Gasteiger partial charge in [0.05, 0.1) is 17.9 Å². The van der Waals surface area contributed by atoms with Gasteiger partial charge >= 0.3 is 6.09 Å². The number of ether oxygens (including phenoxy) is 1. The molecule has 20 heavy (non-hydrogen) atoms. The third kappa shape index (κ3) is 2.31. The van der Waals surface area contributed by atoms with Crippen molar-refractivity contribution < 1.29 is 13.9 Å². The second kappa shape index (κ2) is 5.28. The van der Waals surface area contributed by atoms with Crippen LogP contribution in [0.2, 0.25) is 0 Å². The normalized spacial score (nSPS) is 22.5. The predicted molar refractivity (Wildman–Crippen MR) is 74.5 cm³/mol. The van der Waals surface area contributed by atoms with E-state index in [9.17, 15) is 9.18 Å². The minimum Gasteiger partial charge on any atom is -0.428 e. The summed E-state index contributed by atoms with van der Waals surface area (Å²) in [6.07, 6.45) is 1.41. The van der Waals surface area contributed by atoms with Gasteiger partial charge in [-0.2, -0.15) is 0 Å². The number of hydrogen-bond donors (Lipinski definition) is 1. The molecule has 0 aromatic heterocycles. The van der Waals surface area contributed by atoms with Crippen molar-refractivity contribution in [3.8, 4) is 0 Å². The van der Waals surface area contributed by atoms with Crippen LogP contribution in [0.4, 0.5) is 20.6 Å². The Morgan fingerprint density at radius 2 is 2.10 bits per heavy atom. The van der Waals surface area contributed by atoms with Crippen LogP contribution in [0.15, 0.2) is 18.2 Å². The number of cyclic esters (lactones) is 1. The molecule has 1 amide bonds. The molecular formula is C14H18FN3O2. The van der Waals surface area contributed by atoms with Crippen LogP contribution in [0.5, 0.6) is 0 Å². The summed E-state index contributed by atoms with van der Waals surface area (Å²) in [5.74, 6) is -0.287. The molecule has 1 aromatic rings. The van der Waals surface area contributed by atoms with Gasteiger partial charge in [-0.25, -0.2) is 9.18 Å².